The van der Waals surface area contributed by atoms with Gasteiger partial charge in [0, 0.05) is 23.9 Å². The molecule has 26 heavy (non-hydrogen) atoms. The van der Waals surface area contributed by atoms with E-state index < -0.39 is 0 Å². The summed E-state index contributed by atoms with van der Waals surface area (Å²) in [5.41, 5.74) is 9.44. The van der Waals surface area contributed by atoms with Crippen LogP contribution in [-0.2, 0) is 6.42 Å². The first-order valence-electron chi connectivity index (χ1n) is 8.14. The highest BCUT2D eigenvalue weighted by Crippen LogP contribution is 2.18. The second-order valence-corrected chi connectivity index (χ2v) is 5.92. The zero-order chi connectivity index (χ0) is 17.6. The average molecular weight is 369 g/mol. The first-order chi connectivity index (χ1) is 12.1. The molecule has 0 saturated heterocycles. The predicted molar refractivity (Wildman–Crippen MR) is 107 cm³/mol. The Morgan fingerprint density at radius 1 is 1.12 bits per heavy atom. The number of nitrogen functional groups attached to an aromatic ring is 1. The van der Waals surface area contributed by atoms with Crippen molar-refractivity contribution in [3.8, 4) is 0 Å². The molecule has 1 heterocycles. The molecule has 1 aromatic heterocycles. The topological polar surface area (TPSA) is 80.9 Å². The van der Waals surface area contributed by atoms with Crippen LogP contribution in [-0.4, -0.2) is 15.8 Å². The quantitative estimate of drug-likeness (QED) is 0.632. The number of rotatable bonds is 6. The zero-order valence-corrected chi connectivity index (χ0v) is 15.3. The smallest absolute Gasteiger partial charge is 0.221 e. The molecule has 0 aliphatic carbocycles. The van der Waals surface area contributed by atoms with Crippen LogP contribution in [0.5, 0.6) is 0 Å². The van der Waals surface area contributed by atoms with E-state index in [0.717, 1.165) is 12.1 Å². The number of aryl methyl sites for hydroxylation is 2. The van der Waals surface area contributed by atoms with Gasteiger partial charge in [-0.2, -0.15) is 4.98 Å². The lowest BCUT2D eigenvalue weighted by atomic mass is 10.0. The number of Topliss-reactive ketones (excluding diaryl/α,β-unsaturated/α-hetero) is 1. The summed E-state index contributed by atoms with van der Waals surface area (Å²) in [4.78, 5) is 20.4. The molecule has 0 unspecified atom stereocenters. The Kier molecular flexibility index (Phi) is 6.69. The van der Waals surface area contributed by atoms with Crippen molar-refractivity contribution in [2.75, 3.05) is 11.1 Å². The molecule has 0 aliphatic heterocycles. The van der Waals surface area contributed by atoms with Crippen molar-refractivity contribution in [1.82, 2.24) is 9.97 Å². The van der Waals surface area contributed by atoms with Crippen LogP contribution in [0.4, 0.5) is 17.5 Å². The lowest BCUT2D eigenvalue weighted by molar-refractivity contribution is 0.0983. The van der Waals surface area contributed by atoms with Gasteiger partial charge in [0.15, 0.2) is 5.78 Å². The van der Waals surface area contributed by atoms with Gasteiger partial charge in [0.1, 0.15) is 5.82 Å². The van der Waals surface area contributed by atoms with Crippen LogP contribution in [0.1, 0.15) is 27.9 Å². The Morgan fingerprint density at radius 2 is 1.92 bits per heavy atom. The molecule has 2 aromatic carbocycles. The van der Waals surface area contributed by atoms with E-state index >= 15 is 0 Å². The molecule has 0 atom stereocenters. The molecule has 0 radical (unpaired) electrons. The Morgan fingerprint density at radius 3 is 2.69 bits per heavy atom. The van der Waals surface area contributed by atoms with Gasteiger partial charge in [0.05, 0.1) is 0 Å². The van der Waals surface area contributed by atoms with Gasteiger partial charge in [0.25, 0.3) is 0 Å². The molecule has 0 saturated carbocycles. The third kappa shape index (κ3) is 5.29. The predicted octanol–water partition coefficient (Wildman–Crippen LogP) is 4.35. The Labute approximate surface area is 159 Å². The first kappa shape index (κ1) is 19.4. The number of hydrogen-bond acceptors (Lipinski definition) is 5. The van der Waals surface area contributed by atoms with Crippen molar-refractivity contribution in [1.29, 1.82) is 0 Å². The van der Waals surface area contributed by atoms with Crippen molar-refractivity contribution in [3.05, 3.63) is 77.5 Å². The number of halogens is 1. The third-order valence-corrected chi connectivity index (χ3v) is 3.85. The molecule has 134 valence electrons. The van der Waals surface area contributed by atoms with Gasteiger partial charge in [-0.05, 0) is 37.1 Å². The van der Waals surface area contributed by atoms with Crippen LogP contribution in [0.25, 0.3) is 0 Å². The summed E-state index contributed by atoms with van der Waals surface area (Å²) >= 11 is 0. The molecule has 0 amide bonds. The molecule has 3 N–H and O–H groups in total. The van der Waals surface area contributed by atoms with Crippen molar-refractivity contribution in [3.63, 3.8) is 0 Å². The fourth-order valence-electron chi connectivity index (χ4n) is 2.63. The highest BCUT2D eigenvalue weighted by atomic mass is 35.5. The van der Waals surface area contributed by atoms with Crippen molar-refractivity contribution in [2.24, 2.45) is 0 Å². The molecule has 6 heteroatoms. The van der Waals surface area contributed by atoms with Gasteiger partial charge in [-0.3, -0.25) is 4.79 Å². The largest absolute Gasteiger partial charge is 0.368 e. The molecule has 5 nitrogen and oxygen atoms in total. The van der Waals surface area contributed by atoms with Crippen LogP contribution in [0.2, 0.25) is 0 Å². The fraction of sp³-hybridized carbons (Fsp3) is 0.150. The number of hydrogen-bond donors (Lipinski definition) is 2. The molecule has 0 fully saturated rings. The van der Waals surface area contributed by atoms with Crippen LogP contribution in [0.15, 0.2) is 60.8 Å². The maximum absolute atomic E-state index is 12.5. The molecule has 0 aliphatic rings. The first-order valence-corrected chi connectivity index (χ1v) is 8.14. The second-order valence-electron chi connectivity index (χ2n) is 5.92. The average Bonchev–Trinajstić information content (AvgIpc) is 2.60. The Balaban J connectivity index is 0.00000243. The second kappa shape index (κ2) is 8.97. The van der Waals surface area contributed by atoms with Crippen LogP contribution in [0.3, 0.4) is 0 Å². The summed E-state index contributed by atoms with van der Waals surface area (Å²) in [5.74, 6) is 0.916. The van der Waals surface area contributed by atoms with E-state index in [1.54, 1.807) is 12.3 Å². The third-order valence-electron chi connectivity index (χ3n) is 3.85. The van der Waals surface area contributed by atoms with Gasteiger partial charge >= 0.3 is 0 Å². The SMILES string of the molecule is Cc1cccc(CCC(=O)c2cccc(Nc3ccnc(N)n3)c2)c1.Cl. The van der Waals surface area contributed by atoms with E-state index in [4.69, 9.17) is 5.73 Å². The van der Waals surface area contributed by atoms with Gasteiger partial charge < -0.3 is 11.1 Å². The molecule has 3 rings (SSSR count). The number of nitrogens with zero attached hydrogens (tertiary/aromatic N) is 2. The minimum atomic E-state index is 0. The summed E-state index contributed by atoms with van der Waals surface area (Å²) < 4.78 is 0. The van der Waals surface area contributed by atoms with E-state index in [9.17, 15) is 4.79 Å². The van der Waals surface area contributed by atoms with E-state index in [2.05, 4.69) is 40.4 Å². The number of nitrogens with one attached hydrogen (secondary N) is 1. The van der Waals surface area contributed by atoms with E-state index in [0.29, 0.717) is 17.8 Å². The summed E-state index contributed by atoms with van der Waals surface area (Å²) in [5, 5.41) is 3.14. The lowest BCUT2D eigenvalue weighted by Crippen LogP contribution is -2.03. The van der Waals surface area contributed by atoms with Crippen molar-refractivity contribution in [2.45, 2.75) is 19.8 Å². The number of carbonyl (C=O) groups is 1. The monoisotopic (exact) mass is 368 g/mol. The summed E-state index contributed by atoms with van der Waals surface area (Å²) in [6.07, 6.45) is 2.80. The Bertz CT molecular complexity index is 898. The number of carbonyl (C=O) groups excluding carboxylic acids is 1. The van der Waals surface area contributed by atoms with Gasteiger partial charge in [-0.25, -0.2) is 4.98 Å². The van der Waals surface area contributed by atoms with Crippen molar-refractivity contribution >= 4 is 35.6 Å². The minimum Gasteiger partial charge on any atom is -0.368 e. The number of aromatic nitrogens is 2. The molecule has 0 bridgehead atoms. The summed E-state index contributed by atoms with van der Waals surface area (Å²) in [6, 6.07) is 17.4. The molecular weight excluding hydrogens is 348 g/mol. The summed E-state index contributed by atoms with van der Waals surface area (Å²) in [7, 11) is 0. The zero-order valence-electron chi connectivity index (χ0n) is 14.5. The van der Waals surface area contributed by atoms with Gasteiger partial charge in [0.2, 0.25) is 5.95 Å². The number of anilines is 3. The fourth-order valence-corrected chi connectivity index (χ4v) is 2.63. The highest BCUT2D eigenvalue weighted by molar-refractivity contribution is 5.97. The molecule has 3 aromatic rings. The van der Waals surface area contributed by atoms with E-state index in [1.165, 1.54) is 11.1 Å². The van der Waals surface area contributed by atoms with E-state index in [-0.39, 0.29) is 24.1 Å². The minimum absolute atomic E-state index is 0. The number of nitrogens with two attached hydrogens (primary N) is 1. The summed E-state index contributed by atoms with van der Waals surface area (Å²) in [6.45, 7) is 2.06. The number of ketones is 1. The highest BCUT2D eigenvalue weighted by Gasteiger charge is 2.08. The number of benzene rings is 2. The van der Waals surface area contributed by atoms with Crippen LogP contribution in [0, 0.1) is 6.92 Å². The molecule has 0 spiro atoms. The Hall–Kier alpha value is -2.92. The van der Waals surface area contributed by atoms with Crippen molar-refractivity contribution < 1.29 is 4.79 Å². The maximum atomic E-state index is 12.5. The normalized spacial score (nSPS) is 10.0. The molecular formula is C20H21ClN4O. The van der Waals surface area contributed by atoms with E-state index in [1.807, 2.05) is 30.3 Å². The lowest BCUT2D eigenvalue weighted by Gasteiger charge is -2.08. The van der Waals surface area contributed by atoms with Gasteiger partial charge in [-0.15, -0.1) is 12.4 Å². The van der Waals surface area contributed by atoms with Gasteiger partial charge in [-0.1, -0.05) is 42.0 Å². The standard InChI is InChI=1S/C20H20N4O.ClH/c1-14-4-2-5-15(12-14)8-9-18(25)16-6-3-7-17(13-16)23-19-10-11-22-20(21)24-19;/h2-7,10-13H,8-9H2,1H3,(H3,21,22,23,24);1H. The van der Waals surface area contributed by atoms with Crippen LogP contribution >= 0.6 is 12.4 Å². The van der Waals surface area contributed by atoms with Crippen LogP contribution < -0.4 is 11.1 Å². The maximum Gasteiger partial charge on any atom is 0.221 e.